The number of anilines is 1. The predicted octanol–water partition coefficient (Wildman–Crippen LogP) is 4.45. The van der Waals surface area contributed by atoms with E-state index in [1.165, 1.54) is 17.7 Å². The van der Waals surface area contributed by atoms with Gasteiger partial charge in [-0.05, 0) is 86.9 Å². The average molecular weight is 474 g/mol. The highest BCUT2D eigenvalue weighted by Gasteiger charge is 2.27. The van der Waals surface area contributed by atoms with Crippen LogP contribution in [0.25, 0.3) is 5.69 Å². The Kier molecular flexibility index (Phi) is 7.13. The smallest absolute Gasteiger partial charge is 0.304 e. The molecule has 1 fully saturated rings. The summed E-state index contributed by atoms with van der Waals surface area (Å²) in [5, 5.41) is 17.5. The molecule has 0 unspecified atom stereocenters. The quantitative estimate of drug-likeness (QED) is 0.478. The third-order valence-electron chi connectivity index (χ3n) is 7.45. The summed E-state index contributed by atoms with van der Waals surface area (Å²) in [6, 6.07) is 14.6. The molecule has 1 aromatic carbocycles. The number of nitrogens with one attached hydrogen (secondary N) is 1. The zero-order valence-corrected chi connectivity index (χ0v) is 20.5. The molecule has 0 saturated carbocycles. The molecule has 4 heterocycles. The second-order valence-electron chi connectivity index (χ2n) is 10.1. The molecule has 2 N–H and O–H groups in total. The van der Waals surface area contributed by atoms with E-state index in [4.69, 9.17) is 4.98 Å². The second-order valence-corrected chi connectivity index (χ2v) is 10.1. The van der Waals surface area contributed by atoms with Gasteiger partial charge in [0.2, 0.25) is 0 Å². The lowest BCUT2D eigenvalue weighted by Gasteiger charge is -2.24. The molecule has 0 bridgehead atoms. The molecular weight excluding hydrogens is 438 g/mol. The van der Waals surface area contributed by atoms with Crippen molar-refractivity contribution in [2.24, 2.45) is 5.92 Å². The number of carbonyl (C=O) groups is 1. The minimum Gasteiger partial charge on any atom is -0.481 e. The highest BCUT2D eigenvalue weighted by atomic mass is 16.4. The molecule has 3 aromatic rings. The largest absolute Gasteiger partial charge is 0.481 e. The van der Waals surface area contributed by atoms with Crippen LogP contribution in [0.2, 0.25) is 0 Å². The van der Waals surface area contributed by atoms with Gasteiger partial charge in [0, 0.05) is 43.1 Å². The van der Waals surface area contributed by atoms with Crippen LogP contribution < -0.4 is 5.32 Å². The Balaban J connectivity index is 1.20. The second kappa shape index (κ2) is 10.6. The summed E-state index contributed by atoms with van der Waals surface area (Å²) in [4.78, 5) is 19.0. The van der Waals surface area contributed by atoms with Crippen LogP contribution in [0, 0.1) is 12.8 Å². The number of likely N-dealkylation sites (tertiary alicyclic amines) is 1. The third kappa shape index (κ3) is 5.73. The molecule has 5 rings (SSSR count). The van der Waals surface area contributed by atoms with Gasteiger partial charge in [0.1, 0.15) is 5.82 Å². The number of aliphatic carboxylic acids is 1. The molecule has 0 aliphatic carbocycles. The van der Waals surface area contributed by atoms with E-state index in [9.17, 15) is 9.90 Å². The van der Waals surface area contributed by atoms with Crippen LogP contribution in [0.1, 0.15) is 54.1 Å². The summed E-state index contributed by atoms with van der Waals surface area (Å²) in [6.07, 6.45) is 7.51. The monoisotopic (exact) mass is 473 g/mol. The summed E-state index contributed by atoms with van der Waals surface area (Å²) >= 11 is 0. The van der Waals surface area contributed by atoms with Gasteiger partial charge in [-0.25, -0.2) is 9.67 Å². The first kappa shape index (κ1) is 23.5. The Morgan fingerprint density at radius 3 is 3.00 bits per heavy atom. The molecule has 2 atom stereocenters. The van der Waals surface area contributed by atoms with Crippen LogP contribution in [0.5, 0.6) is 0 Å². The van der Waals surface area contributed by atoms with E-state index in [1.54, 1.807) is 6.20 Å². The molecular formula is C28H35N5O2. The Hall–Kier alpha value is -3.19. The van der Waals surface area contributed by atoms with Gasteiger partial charge in [-0.3, -0.25) is 4.79 Å². The normalized spacial score (nSPS) is 18.7. The number of rotatable bonds is 9. The van der Waals surface area contributed by atoms with Crippen molar-refractivity contribution in [3.05, 3.63) is 71.2 Å². The predicted molar refractivity (Wildman–Crippen MR) is 137 cm³/mol. The SMILES string of the molecule is Cc1ccnn1-c1cccc([C@H](CC(=O)O)CN2CC[C@@H](CCc3ccc4c(n3)NCCC4)C2)c1. The molecule has 7 heteroatoms. The Morgan fingerprint density at radius 1 is 1.26 bits per heavy atom. The maximum Gasteiger partial charge on any atom is 0.304 e. The van der Waals surface area contributed by atoms with Crippen molar-refractivity contribution >= 4 is 11.8 Å². The molecule has 2 aliphatic rings. The molecule has 0 spiro atoms. The Labute approximate surface area is 207 Å². The lowest BCUT2D eigenvalue weighted by molar-refractivity contribution is -0.137. The fourth-order valence-corrected chi connectivity index (χ4v) is 5.53. The lowest BCUT2D eigenvalue weighted by Crippen LogP contribution is -2.28. The van der Waals surface area contributed by atoms with E-state index in [1.807, 2.05) is 29.8 Å². The fraction of sp³-hybridized carbons (Fsp3) is 0.464. The van der Waals surface area contributed by atoms with E-state index < -0.39 is 5.97 Å². The zero-order valence-electron chi connectivity index (χ0n) is 20.5. The van der Waals surface area contributed by atoms with Crippen molar-refractivity contribution in [1.29, 1.82) is 0 Å². The van der Waals surface area contributed by atoms with Crippen molar-refractivity contribution in [2.45, 2.75) is 51.4 Å². The molecule has 184 valence electrons. The number of nitrogens with zero attached hydrogens (tertiary/aromatic N) is 4. The van der Waals surface area contributed by atoms with Gasteiger partial charge in [-0.1, -0.05) is 18.2 Å². The highest BCUT2D eigenvalue weighted by molar-refractivity contribution is 5.68. The first-order valence-electron chi connectivity index (χ1n) is 12.8. The number of aromatic nitrogens is 3. The molecule has 1 saturated heterocycles. The first-order valence-corrected chi connectivity index (χ1v) is 12.8. The Morgan fingerprint density at radius 2 is 2.17 bits per heavy atom. The fourth-order valence-electron chi connectivity index (χ4n) is 5.53. The van der Waals surface area contributed by atoms with Gasteiger partial charge < -0.3 is 15.3 Å². The number of aryl methyl sites for hydroxylation is 3. The summed E-state index contributed by atoms with van der Waals surface area (Å²) in [5.74, 6) is 0.907. The highest BCUT2D eigenvalue weighted by Crippen LogP contribution is 2.29. The summed E-state index contributed by atoms with van der Waals surface area (Å²) in [6.45, 7) is 5.86. The van der Waals surface area contributed by atoms with Gasteiger partial charge in [-0.2, -0.15) is 5.10 Å². The van der Waals surface area contributed by atoms with Crippen molar-refractivity contribution in [3.63, 3.8) is 0 Å². The van der Waals surface area contributed by atoms with Crippen molar-refractivity contribution in [2.75, 3.05) is 31.5 Å². The number of carboxylic acids is 1. The number of benzene rings is 1. The van der Waals surface area contributed by atoms with E-state index in [0.717, 1.165) is 74.6 Å². The van der Waals surface area contributed by atoms with Crippen LogP contribution in [0.15, 0.2) is 48.7 Å². The molecule has 2 aliphatic heterocycles. The van der Waals surface area contributed by atoms with Crippen molar-refractivity contribution < 1.29 is 9.90 Å². The van der Waals surface area contributed by atoms with Crippen molar-refractivity contribution in [1.82, 2.24) is 19.7 Å². The molecule has 0 amide bonds. The van der Waals surface area contributed by atoms with E-state index in [-0.39, 0.29) is 12.3 Å². The van der Waals surface area contributed by atoms with Crippen LogP contribution in [0.3, 0.4) is 0 Å². The topological polar surface area (TPSA) is 83.3 Å². The number of fused-ring (bicyclic) bond motifs is 1. The van der Waals surface area contributed by atoms with Gasteiger partial charge >= 0.3 is 5.97 Å². The Bertz CT molecular complexity index is 1170. The van der Waals surface area contributed by atoms with Crippen LogP contribution in [-0.2, 0) is 17.6 Å². The third-order valence-corrected chi connectivity index (χ3v) is 7.45. The molecule has 0 radical (unpaired) electrons. The number of carboxylic acid groups (broad SMARTS) is 1. The van der Waals surface area contributed by atoms with Gasteiger partial charge in [0.15, 0.2) is 0 Å². The minimum atomic E-state index is -0.751. The van der Waals surface area contributed by atoms with E-state index in [0.29, 0.717) is 5.92 Å². The minimum absolute atomic E-state index is 0.0459. The van der Waals surface area contributed by atoms with Gasteiger partial charge in [0.25, 0.3) is 0 Å². The maximum atomic E-state index is 11.7. The lowest BCUT2D eigenvalue weighted by atomic mass is 9.94. The van der Waals surface area contributed by atoms with Crippen molar-refractivity contribution in [3.8, 4) is 5.69 Å². The number of hydrogen-bond donors (Lipinski definition) is 2. The zero-order chi connectivity index (χ0) is 24.2. The molecule has 7 nitrogen and oxygen atoms in total. The van der Waals surface area contributed by atoms with Crippen LogP contribution >= 0.6 is 0 Å². The van der Waals surface area contributed by atoms with E-state index >= 15 is 0 Å². The number of hydrogen-bond acceptors (Lipinski definition) is 5. The first-order chi connectivity index (χ1) is 17.0. The van der Waals surface area contributed by atoms with Crippen LogP contribution in [-0.4, -0.2) is 56.9 Å². The van der Waals surface area contributed by atoms with E-state index in [2.05, 4.69) is 39.6 Å². The van der Waals surface area contributed by atoms with Gasteiger partial charge in [0.05, 0.1) is 12.1 Å². The maximum absolute atomic E-state index is 11.7. The van der Waals surface area contributed by atoms with Gasteiger partial charge in [-0.15, -0.1) is 0 Å². The summed E-state index contributed by atoms with van der Waals surface area (Å²) in [7, 11) is 0. The summed E-state index contributed by atoms with van der Waals surface area (Å²) in [5.41, 5.74) is 5.61. The van der Waals surface area contributed by atoms with Crippen LogP contribution in [0.4, 0.5) is 5.82 Å². The average Bonchev–Trinajstić information content (AvgIpc) is 3.50. The summed E-state index contributed by atoms with van der Waals surface area (Å²) < 4.78 is 1.90. The standard InChI is InChI=1S/C28H35N5O2/c1-20-11-14-30-33(20)26-6-2-4-23(16-26)24(17-27(34)35)19-32-15-12-21(18-32)7-9-25-10-8-22-5-3-13-29-28(22)31-25/h2,4,6,8,10-11,14,16,21,24H,3,5,7,9,12-13,15,17-19H2,1H3,(H,29,31)(H,34,35)/t21-,24-/m1/s1. The molecule has 35 heavy (non-hydrogen) atoms. The number of pyridine rings is 1. The molecule has 2 aromatic heterocycles.